The van der Waals surface area contributed by atoms with Gasteiger partial charge in [-0.1, -0.05) is 12.1 Å². The predicted octanol–water partition coefficient (Wildman–Crippen LogP) is 1.65. The Morgan fingerprint density at radius 2 is 2.06 bits per heavy atom. The molecule has 1 heterocycles. The molecule has 1 amide bonds. The van der Waals surface area contributed by atoms with Crippen molar-refractivity contribution in [3.63, 3.8) is 0 Å². The second kappa shape index (κ2) is 4.71. The van der Waals surface area contributed by atoms with Crippen LogP contribution in [0, 0.1) is 5.82 Å². The van der Waals surface area contributed by atoms with Gasteiger partial charge in [-0.05, 0) is 24.1 Å². The zero-order valence-corrected chi connectivity index (χ0v) is 9.21. The van der Waals surface area contributed by atoms with Crippen LogP contribution in [-0.4, -0.2) is 40.4 Å². The summed E-state index contributed by atoms with van der Waals surface area (Å²) in [5, 5.41) is 18.1. The summed E-state index contributed by atoms with van der Waals surface area (Å²) in [6, 6.07) is 5.71. The van der Waals surface area contributed by atoms with E-state index in [4.69, 9.17) is 10.2 Å². The number of hydrogen-bond acceptors (Lipinski definition) is 2. The Balaban J connectivity index is 2.14. The van der Waals surface area contributed by atoms with Crippen molar-refractivity contribution in [2.24, 2.45) is 0 Å². The molecule has 1 aliphatic heterocycles. The van der Waals surface area contributed by atoms with E-state index in [-0.39, 0.29) is 24.4 Å². The maximum atomic E-state index is 12.8. The van der Waals surface area contributed by atoms with Gasteiger partial charge in [0, 0.05) is 12.5 Å². The van der Waals surface area contributed by atoms with Crippen molar-refractivity contribution >= 4 is 6.09 Å². The van der Waals surface area contributed by atoms with Crippen LogP contribution in [0.3, 0.4) is 0 Å². The van der Waals surface area contributed by atoms with Crippen LogP contribution in [0.25, 0.3) is 0 Å². The van der Waals surface area contributed by atoms with Gasteiger partial charge in [0.1, 0.15) is 5.82 Å². The standard InChI is InChI=1S/C12H14FNO3/c13-10-3-1-8(2-4-10)9-5-11(7-15)14(6-9)12(16)17/h1-4,9,11,15H,5-7H2,(H,16,17)/t9-,11-/m0/s1. The quantitative estimate of drug-likeness (QED) is 0.825. The lowest BCUT2D eigenvalue weighted by Crippen LogP contribution is -2.36. The summed E-state index contributed by atoms with van der Waals surface area (Å²) in [4.78, 5) is 12.2. The largest absolute Gasteiger partial charge is 0.465 e. The van der Waals surface area contributed by atoms with Gasteiger partial charge in [-0.2, -0.15) is 0 Å². The van der Waals surface area contributed by atoms with Gasteiger partial charge in [-0.15, -0.1) is 0 Å². The molecule has 2 N–H and O–H groups in total. The number of carboxylic acid groups (broad SMARTS) is 1. The van der Waals surface area contributed by atoms with Gasteiger partial charge < -0.3 is 15.1 Å². The van der Waals surface area contributed by atoms with Crippen molar-refractivity contribution in [1.29, 1.82) is 0 Å². The molecule has 0 unspecified atom stereocenters. The van der Waals surface area contributed by atoms with Crippen molar-refractivity contribution in [2.75, 3.05) is 13.2 Å². The fourth-order valence-electron chi connectivity index (χ4n) is 2.30. The van der Waals surface area contributed by atoms with Crippen molar-refractivity contribution in [2.45, 2.75) is 18.4 Å². The highest BCUT2D eigenvalue weighted by molar-refractivity contribution is 5.66. The predicted molar refractivity (Wildman–Crippen MR) is 59.4 cm³/mol. The first-order valence-electron chi connectivity index (χ1n) is 5.47. The SMILES string of the molecule is O=C(O)N1C[C@@H](c2ccc(F)cc2)C[C@H]1CO. The summed E-state index contributed by atoms with van der Waals surface area (Å²) in [5.74, 6) is -0.274. The van der Waals surface area contributed by atoms with Crippen LogP contribution in [0.2, 0.25) is 0 Å². The summed E-state index contributed by atoms with van der Waals surface area (Å²) in [7, 11) is 0. The third-order valence-electron chi connectivity index (χ3n) is 3.21. The fourth-order valence-corrected chi connectivity index (χ4v) is 2.30. The van der Waals surface area contributed by atoms with E-state index in [0.717, 1.165) is 5.56 Å². The van der Waals surface area contributed by atoms with Crippen molar-refractivity contribution in [3.8, 4) is 0 Å². The minimum Gasteiger partial charge on any atom is -0.465 e. The number of amides is 1. The molecular weight excluding hydrogens is 225 g/mol. The molecule has 5 heteroatoms. The lowest BCUT2D eigenvalue weighted by atomic mass is 9.96. The first kappa shape index (κ1) is 11.9. The molecule has 2 rings (SSSR count). The van der Waals surface area contributed by atoms with E-state index < -0.39 is 6.09 Å². The molecule has 1 aliphatic rings. The summed E-state index contributed by atoms with van der Waals surface area (Å²) < 4.78 is 12.8. The lowest BCUT2D eigenvalue weighted by Gasteiger charge is -2.18. The third kappa shape index (κ3) is 2.39. The van der Waals surface area contributed by atoms with Crippen LogP contribution in [0.4, 0.5) is 9.18 Å². The monoisotopic (exact) mass is 239 g/mol. The minimum atomic E-state index is -1.02. The Kier molecular flexibility index (Phi) is 3.28. The van der Waals surface area contributed by atoms with E-state index in [0.29, 0.717) is 13.0 Å². The second-order valence-electron chi connectivity index (χ2n) is 4.26. The average Bonchev–Trinajstić information content (AvgIpc) is 2.74. The smallest absolute Gasteiger partial charge is 0.407 e. The van der Waals surface area contributed by atoms with Crippen LogP contribution in [-0.2, 0) is 0 Å². The summed E-state index contributed by atoms with van der Waals surface area (Å²) in [6.07, 6.45) is -0.442. The molecule has 1 aromatic rings. The summed E-state index contributed by atoms with van der Waals surface area (Å²) in [5.41, 5.74) is 0.911. The summed E-state index contributed by atoms with van der Waals surface area (Å²) in [6.45, 7) is 0.177. The molecule has 17 heavy (non-hydrogen) atoms. The maximum Gasteiger partial charge on any atom is 0.407 e. The molecular formula is C12H14FNO3. The van der Waals surface area contributed by atoms with Gasteiger partial charge in [0.05, 0.1) is 12.6 Å². The van der Waals surface area contributed by atoms with Gasteiger partial charge in [-0.3, -0.25) is 0 Å². The van der Waals surface area contributed by atoms with Crippen LogP contribution in [0.1, 0.15) is 17.9 Å². The highest BCUT2D eigenvalue weighted by atomic mass is 19.1. The van der Waals surface area contributed by atoms with Crippen LogP contribution < -0.4 is 0 Å². The van der Waals surface area contributed by atoms with E-state index in [9.17, 15) is 9.18 Å². The van der Waals surface area contributed by atoms with Crippen molar-refractivity contribution in [1.82, 2.24) is 4.90 Å². The Morgan fingerprint density at radius 3 is 2.53 bits per heavy atom. The van der Waals surface area contributed by atoms with Crippen LogP contribution in [0.15, 0.2) is 24.3 Å². The molecule has 1 saturated heterocycles. The first-order valence-corrected chi connectivity index (χ1v) is 5.47. The first-order chi connectivity index (χ1) is 8.11. The van der Waals surface area contributed by atoms with E-state index in [1.807, 2.05) is 0 Å². The molecule has 0 radical (unpaired) electrons. The number of aliphatic hydroxyl groups is 1. The molecule has 1 aromatic carbocycles. The molecule has 2 atom stereocenters. The number of aliphatic hydroxyl groups excluding tert-OH is 1. The van der Waals surface area contributed by atoms with Crippen molar-refractivity contribution < 1.29 is 19.4 Å². The second-order valence-corrected chi connectivity index (χ2v) is 4.26. The normalized spacial score (nSPS) is 24.0. The van der Waals surface area contributed by atoms with E-state index >= 15 is 0 Å². The molecule has 0 aromatic heterocycles. The molecule has 1 fully saturated rings. The lowest BCUT2D eigenvalue weighted by molar-refractivity contribution is 0.118. The molecule has 4 nitrogen and oxygen atoms in total. The van der Waals surface area contributed by atoms with Gasteiger partial charge >= 0.3 is 6.09 Å². The Hall–Kier alpha value is -1.62. The number of rotatable bonds is 2. The minimum absolute atomic E-state index is 0.0313. The zero-order valence-electron chi connectivity index (χ0n) is 9.21. The van der Waals surface area contributed by atoms with Gasteiger partial charge in [-0.25, -0.2) is 9.18 Å². The molecule has 0 aliphatic carbocycles. The summed E-state index contributed by atoms with van der Waals surface area (Å²) >= 11 is 0. The van der Waals surface area contributed by atoms with Gasteiger partial charge in [0.15, 0.2) is 0 Å². The Bertz CT molecular complexity index is 407. The maximum absolute atomic E-state index is 12.8. The number of carbonyl (C=O) groups is 1. The topological polar surface area (TPSA) is 60.8 Å². The van der Waals surface area contributed by atoms with Gasteiger partial charge in [0.2, 0.25) is 0 Å². The number of nitrogens with zero attached hydrogens (tertiary/aromatic N) is 1. The number of likely N-dealkylation sites (tertiary alicyclic amines) is 1. The van der Waals surface area contributed by atoms with Crippen LogP contribution in [0.5, 0.6) is 0 Å². The highest BCUT2D eigenvalue weighted by Gasteiger charge is 2.35. The fraction of sp³-hybridized carbons (Fsp3) is 0.417. The van der Waals surface area contributed by atoms with E-state index in [2.05, 4.69) is 0 Å². The Morgan fingerprint density at radius 1 is 1.41 bits per heavy atom. The van der Waals surface area contributed by atoms with Gasteiger partial charge in [0.25, 0.3) is 0 Å². The molecule has 0 bridgehead atoms. The molecule has 0 spiro atoms. The zero-order chi connectivity index (χ0) is 12.4. The highest BCUT2D eigenvalue weighted by Crippen LogP contribution is 2.31. The van der Waals surface area contributed by atoms with Crippen molar-refractivity contribution in [3.05, 3.63) is 35.6 Å². The number of benzene rings is 1. The number of halogens is 1. The van der Waals surface area contributed by atoms with E-state index in [1.54, 1.807) is 12.1 Å². The Labute approximate surface area is 98.3 Å². The third-order valence-corrected chi connectivity index (χ3v) is 3.21. The average molecular weight is 239 g/mol. The number of hydrogen-bond donors (Lipinski definition) is 2. The molecule has 0 saturated carbocycles. The molecule has 92 valence electrons. The van der Waals surface area contributed by atoms with Crippen LogP contribution >= 0.6 is 0 Å². The van der Waals surface area contributed by atoms with E-state index in [1.165, 1.54) is 17.0 Å².